The first-order chi connectivity index (χ1) is 9.60. The topological polar surface area (TPSA) is 40.7 Å². The van der Waals surface area contributed by atoms with Crippen LogP contribution in [0, 0.1) is 0 Å². The van der Waals surface area contributed by atoms with E-state index in [2.05, 4.69) is 42.3 Å². The smallest absolute Gasteiger partial charge is 0.151 e. The number of nitrogens with one attached hydrogen (secondary N) is 2. The van der Waals surface area contributed by atoms with Gasteiger partial charge < -0.3 is 10.3 Å². The molecule has 5 heteroatoms. The van der Waals surface area contributed by atoms with Crippen molar-refractivity contribution in [1.29, 1.82) is 0 Å². The molecule has 0 aromatic carbocycles. The minimum absolute atomic E-state index is 0.331. The number of aromatic nitrogens is 2. The van der Waals surface area contributed by atoms with Crippen molar-refractivity contribution in [3.05, 3.63) is 16.7 Å². The fraction of sp³-hybridized carbons (Fsp3) is 0.800. The van der Waals surface area contributed by atoms with Gasteiger partial charge in [-0.15, -0.1) is 0 Å². The molecule has 116 valence electrons. The van der Waals surface area contributed by atoms with Gasteiger partial charge in [-0.3, -0.25) is 0 Å². The van der Waals surface area contributed by atoms with Crippen LogP contribution in [0.3, 0.4) is 0 Å². The van der Waals surface area contributed by atoms with Gasteiger partial charge in [0.25, 0.3) is 0 Å². The summed E-state index contributed by atoms with van der Waals surface area (Å²) < 4.78 is 0.331. The van der Waals surface area contributed by atoms with Crippen LogP contribution < -0.4 is 5.32 Å². The first-order valence-corrected chi connectivity index (χ1v) is 9.20. The van der Waals surface area contributed by atoms with Crippen LogP contribution in [-0.4, -0.2) is 27.5 Å². The molecule has 0 unspecified atom stereocenters. The van der Waals surface area contributed by atoms with Crippen LogP contribution in [0.2, 0.25) is 5.15 Å². The fourth-order valence-corrected chi connectivity index (χ4v) is 3.34. The van der Waals surface area contributed by atoms with E-state index in [4.69, 9.17) is 11.6 Å². The van der Waals surface area contributed by atoms with E-state index in [0.717, 1.165) is 37.4 Å². The Balaban J connectivity index is 2.51. The number of thioether (sulfide) groups is 1. The Bertz CT molecular complexity index is 380. The quantitative estimate of drug-likeness (QED) is 0.671. The Hall–Kier alpha value is -0.190. The lowest BCUT2D eigenvalue weighted by Crippen LogP contribution is -2.36. The van der Waals surface area contributed by atoms with Gasteiger partial charge in [-0.2, -0.15) is 11.8 Å². The summed E-state index contributed by atoms with van der Waals surface area (Å²) in [5, 5.41) is 4.15. The molecule has 0 saturated carbocycles. The molecule has 0 aliphatic rings. The first-order valence-electron chi connectivity index (χ1n) is 7.59. The molecule has 2 N–H and O–H groups in total. The fourth-order valence-electron chi connectivity index (χ4n) is 2.30. The van der Waals surface area contributed by atoms with Crippen LogP contribution in [-0.2, 0) is 13.0 Å². The Kier molecular flexibility index (Phi) is 8.00. The molecule has 3 nitrogen and oxygen atoms in total. The molecule has 0 atom stereocenters. The lowest BCUT2D eigenvalue weighted by atomic mass is 10.0. The Morgan fingerprint density at radius 2 is 2.00 bits per heavy atom. The second-order valence-electron chi connectivity index (χ2n) is 5.25. The molecule has 1 aromatic rings. The molecule has 0 bridgehead atoms. The molecule has 0 amide bonds. The number of imidazole rings is 1. The standard InChI is InChI=1S/C15H28ClN3S/c1-5-8-9-13-18-12(14(16)19-13)10-17-11-15(6-2,7-3)20-4/h17H,5-11H2,1-4H3,(H,18,19). The average molecular weight is 318 g/mol. The highest BCUT2D eigenvalue weighted by molar-refractivity contribution is 8.00. The van der Waals surface area contributed by atoms with E-state index in [1.807, 2.05) is 11.8 Å². The molecule has 0 aliphatic carbocycles. The van der Waals surface area contributed by atoms with E-state index >= 15 is 0 Å². The van der Waals surface area contributed by atoms with E-state index in [1.54, 1.807) is 0 Å². The minimum Gasteiger partial charge on any atom is -0.344 e. The Morgan fingerprint density at radius 3 is 2.55 bits per heavy atom. The van der Waals surface area contributed by atoms with Crippen molar-refractivity contribution in [1.82, 2.24) is 15.3 Å². The summed E-state index contributed by atoms with van der Waals surface area (Å²) >= 11 is 8.14. The van der Waals surface area contributed by atoms with Gasteiger partial charge in [0.1, 0.15) is 5.82 Å². The third kappa shape index (κ3) is 4.97. The van der Waals surface area contributed by atoms with Gasteiger partial charge in [0.15, 0.2) is 5.15 Å². The van der Waals surface area contributed by atoms with Crippen molar-refractivity contribution in [2.75, 3.05) is 12.8 Å². The number of unbranched alkanes of at least 4 members (excludes halogenated alkanes) is 1. The number of aromatic amines is 1. The number of hydrogen-bond donors (Lipinski definition) is 2. The molecule has 20 heavy (non-hydrogen) atoms. The second-order valence-corrected chi connectivity index (χ2v) is 6.89. The third-order valence-corrected chi connectivity index (χ3v) is 5.92. The zero-order valence-electron chi connectivity index (χ0n) is 13.2. The van der Waals surface area contributed by atoms with Crippen molar-refractivity contribution in [2.45, 2.75) is 64.2 Å². The van der Waals surface area contributed by atoms with Crippen LogP contribution in [0.15, 0.2) is 0 Å². The number of H-pyrrole nitrogens is 1. The summed E-state index contributed by atoms with van der Waals surface area (Å²) in [7, 11) is 0. The molecule has 1 rings (SSSR count). The Morgan fingerprint density at radius 1 is 1.30 bits per heavy atom. The van der Waals surface area contributed by atoms with E-state index in [9.17, 15) is 0 Å². The maximum Gasteiger partial charge on any atom is 0.151 e. The van der Waals surface area contributed by atoms with E-state index in [1.165, 1.54) is 19.3 Å². The lowest BCUT2D eigenvalue weighted by molar-refractivity contribution is 0.493. The first kappa shape index (κ1) is 17.9. The number of halogens is 1. The van der Waals surface area contributed by atoms with Crippen molar-refractivity contribution in [3.8, 4) is 0 Å². The maximum atomic E-state index is 6.19. The normalized spacial score (nSPS) is 12.1. The van der Waals surface area contributed by atoms with Gasteiger partial charge in [0, 0.05) is 24.3 Å². The van der Waals surface area contributed by atoms with Gasteiger partial charge in [-0.1, -0.05) is 38.8 Å². The summed E-state index contributed by atoms with van der Waals surface area (Å²) in [6.45, 7) is 8.47. The zero-order chi connectivity index (χ0) is 15.0. The van der Waals surface area contributed by atoms with E-state index < -0.39 is 0 Å². The molecule has 0 fully saturated rings. The highest BCUT2D eigenvalue weighted by Crippen LogP contribution is 2.29. The van der Waals surface area contributed by atoms with Crippen LogP contribution in [0.5, 0.6) is 0 Å². The highest BCUT2D eigenvalue weighted by atomic mass is 35.5. The summed E-state index contributed by atoms with van der Waals surface area (Å²) in [5.41, 5.74) is 1.01. The maximum absolute atomic E-state index is 6.19. The average Bonchev–Trinajstić information content (AvgIpc) is 2.82. The number of aryl methyl sites for hydroxylation is 1. The monoisotopic (exact) mass is 317 g/mol. The predicted octanol–water partition coefficient (Wildman–Crippen LogP) is 4.42. The molecular weight excluding hydrogens is 290 g/mol. The van der Waals surface area contributed by atoms with Gasteiger partial charge >= 0.3 is 0 Å². The summed E-state index contributed by atoms with van der Waals surface area (Å²) in [6, 6.07) is 0. The van der Waals surface area contributed by atoms with Gasteiger partial charge in [-0.05, 0) is 25.5 Å². The predicted molar refractivity (Wildman–Crippen MR) is 90.7 cm³/mol. The number of rotatable bonds is 10. The molecule has 0 spiro atoms. The minimum atomic E-state index is 0.331. The second kappa shape index (κ2) is 8.96. The van der Waals surface area contributed by atoms with Crippen molar-refractivity contribution < 1.29 is 0 Å². The molecular formula is C15H28ClN3S. The third-order valence-electron chi connectivity index (χ3n) is 4.02. The molecule has 0 saturated heterocycles. The van der Waals surface area contributed by atoms with Crippen LogP contribution in [0.4, 0.5) is 0 Å². The SMILES string of the molecule is CCCCc1nc(Cl)c(CNCC(CC)(CC)SC)[nH]1. The molecule has 1 heterocycles. The highest BCUT2D eigenvalue weighted by Gasteiger charge is 2.24. The largest absolute Gasteiger partial charge is 0.344 e. The van der Waals surface area contributed by atoms with Gasteiger partial charge in [0.05, 0.1) is 5.69 Å². The lowest BCUT2D eigenvalue weighted by Gasteiger charge is -2.29. The van der Waals surface area contributed by atoms with Crippen molar-refractivity contribution in [3.63, 3.8) is 0 Å². The van der Waals surface area contributed by atoms with Crippen molar-refractivity contribution >= 4 is 23.4 Å². The van der Waals surface area contributed by atoms with Gasteiger partial charge in [-0.25, -0.2) is 4.98 Å². The Labute approximate surface area is 132 Å². The van der Waals surface area contributed by atoms with Crippen molar-refractivity contribution in [2.24, 2.45) is 0 Å². The van der Waals surface area contributed by atoms with Gasteiger partial charge in [0.2, 0.25) is 0 Å². The summed E-state index contributed by atoms with van der Waals surface area (Å²) in [6.07, 6.45) is 7.86. The molecule has 1 aromatic heterocycles. The molecule has 0 radical (unpaired) electrons. The molecule has 0 aliphatic heterocycles. The number of hydrogen-bond acceptors (Lipinski definition) is 3. The van der Waals surface area contributed by atoms with E-state index in [0.29, 0.717) is 9.90 Å². The number of nitrogens with zero attached hydrogens (tertiary/aromatic N) is 1. The van der Waals surface area contributed by atoms with Crippen LogP contribution in [0.1, 0.15) is 58.0 Å². The van der Waals surface area contributed by atoms with E-state index in [-0.39, 0.29) is 0 Å². The van der Waals surface area contributed by atoms with Crippen LogP contribution in [0.25, 0.3) is 0 Å². The zero-order valence-corrected chi connectivity index (χ0v) is 14.8. The summed E-state index contributed by atoms with van der Waals surface area (Å²) in [4.78, 5) is 7.73. The summed E-state index contributed by atoms with van der Waals surface area (Å²) in [5.74, 6) is 1.01. The van der Waals surface area contributed by atoms with Crippen LogP contribution >= 0.6 is 23.4 Å².